The number of H-pyrrole nitrogens is 1. The molecule has 102 valence electrons. The van der Waals surface area contributed by atoms with Crippen molar-refractivity contribution in [3.05, 3.63) is 46.8 Å². The molecule has 0 atom stereocenters. The lowest BCUT2D eigenvalue weighted by Crippen LogP contribution is -2.36. The number of fused-ring (bicyclic) bond motifs is 1. The minimum absolute atomic E-state index is 0.142. The van der Waals surface area contributed by atoms with Crippen LogP contribution in [0, 0.1) is 0 Å². The van der Waals surface area contributed by atoms with E-state index in [1.165, 1.54) is 5.56 Å². The van der Waals surface area contributed by atoms with Gasteiger partial charge in [-0.3, -0.25) is 4.79 Å². The van der Waals surface area contributed by atoms with Crippen LogP contribution in [0.1, 0.15) is 32.1 Å². The molecule has 0 saturated carbocycles. The maximum atomic E-state index is 12.3. The van der Waals surface area contributed by atoms with E-state index < -0.39 is 11.9 Å². The molecule has 0 unspecified atom stereocenters. The maximum Gasteiger partial charge on any atom is 0.358 e. The van der Waals surface area contributed by atoms with Crippen molar-refractivity contribution in [2.75, 3.05) is 6.54 Å². The van der Waals surface area contributed by atoms with Gasteiger partial charge in [-0.15, -0.1) is 10.2 Å². The van der Waals surface area contributed by atoms with E-state index in [9.17, 15) is 9.59 Å². The van der Waals surface area contributed by atoms with Crippen LogP contribution in [0.3, 0.4) is 0 Å². The number of nitrogens with one attached hydrogen (secondary N) is 1. The largest absolute Gasteiger partial charge is 0.476 e. The normalized spacial score (nSPS) is 13.9. The SMILES string of the molecule is O=C(O)c1n[nH]nc1C(=O)N1CCc2ccccc2C1. The van der Waals surface area contributed by atoms with Crippen molar-refractivity contribution < 1.29 is 14.7 Å². The monoisotopic (exact) mass is 272 g/mol. The Hall–Kier alpha value is -2.70. The average molecular weight is 272 g/mol. The van der Waals surface area contributed by atoms with Crippen LogP contribution in [-0.2, 0) is 13.0 Å². The summed E-state index contributed by atoms with van der Waals surface area (Å²) in [6.45, 7) is 1.00. The number of aromatic amines is 1. The Morgan fingerprint density at radius 2 is 1.85 bits per heavy atom. The number of carbonyl (C=O) groups excluding carboxylic acids is 1. The fourth-order valence-corrected chi connectivity index (χ4v) is 2.35. The van der Waals surface area contributed by atoms with E-state index in [1.54, 1.807) is 4.90 Å². The van der Waals surface area contributed by atoms with Crippen LogP contribution < -0.4 is 0 Å². The molecule has 7 nitrogen and oxygen atoms in total. The average Bonchev–Trinajstić information content (AvgIpc) is 2.95. The van der Waals surface area contributed by atoms with E-state index >= 15 is 0 Å². The lowest BCUT2D eigenvalue weighted by molar-refractivity contribution is 0.0663. The van der Waals surface area contributed by atoms with Gasteiger partial charge < -0.3 is 10.0 Å². The van der Waals surface area contributed by atoms with Crippen molar-refractivity contribution in [2.24, 2.45) is 0 Å². The van der Waals surface area contributed by atoms with Crippen LogP contribution >= 0.6 is 0 Å². The lowest BCUT2D eigenvalue weighted by Gasteiger charge is -2.28. The van der Waals surface area contributed by atoms with E-state index in [-0.39, 0.29) is 11.4 Å². The minimum atomic E-state index is -1.26. The summed E-state index contributed by atoms with van der Waals surface area (Å²) in [6.07, 6.45) is 0.752. The third-order valence-electron chi connectivity index (χ3n) is 3.37. The molecular formula is C13H12N4O3. The predicted molar refractivity (Wildman–Crippen MR) is 68.2 cm³/mol. The smallest absolute Gasteiger partial charge is 0.358 e. The number of carbonyl (C=O) groups is 2. The van der Waals surface area contributed by atoms with Crippen molar-refractivity contribution in [1.29, 1.82) is 0 Å². The van der Waals surface area contributed by atoms with Crippen LogP contribution in [0.5, 0.6) is 0 Å². The summed E-state index contributed by atoms with van der Waals surface area (Å²) in [5.74, 6) is -1.68. The van der Waals surface area contributed by atoms with Crippen LogP contribution in [0.15, 0.2) is 24.3 Å². The fourth-order valence-electron chi connectivity index (χ4n) is 2.35. The van der Waals surface area contributed by atoms with Gasteiger partial charge in [0.1, 0.15) is 0 Å². The summed E-state index contributed by atoms with van der Waals surface area (Å²) in [5.41, 5.74) is 1.81. The van der Waals surface area contributed by atoms with Gasteiger partial charge >= 0.3 is 5.97 Å². The number of nitrogens with zero attached hydrogens (tertiary/aromatic N) is 3. The highest BCUT2D eigenvalue weighted by molar-refractivity contribution is 6.01. The summed E-state index contributed by atoms with van der Waals surface area (Å²) >= 11 is 0. The Morgan fingerprint density at radius 3 is 2.60 bits per heavy atom. The molecule has 0 bridgehead atoms. The number of aromatic carboxylic acids is 1. The summed E-state index contributed by atoms with van der Waals surface area (Å²) in [5, 5.41) is 18.3. The van der Waals surface area contributed by atoms with Crippen LogP contribution in [0.25, 0.3) is 0 Å². The first-order valence-electron chi connectivity index (χ1n) is 6.17. The molecule has 1 aliphatic rings. The number of rotatable bonds is 2. The zero-order valence-corrected chi connectivity index (χ0v) is 10.5. The van der Waals surface area contributed by atoms with Gasteiger partial charge in [0, 0.05) is 13.1 Å². The van der Waals surface area contributed by atoms with E-state index in [2.05, 4.69) is 15.4 Å². The number of hydrogen-bond donors (Lipinski definition) is 2. The van der Waals surface area contributed by atoms with E-state index in [0.717, 1.165) is 12.0 Å². The Morgan fingerprint density at radius 1 is 1.15 bits per heavy atom. The quantitative estimate of drug-likeness (QED) is 0.838. The Kier molecular flexibility index (Phi) is 2.94. The number of amides is 1. The van der Waals surface area contributed by atoms with E-state index in [4.69, 9.17) is 5.11 Å². The predicted octanol–water partition coefficient (Wildman–Crippen LogP) is 0.701. The van der Waals surface area contributed by atoms with Crippen LogP contribution in [0.2, 0.25) is 0 Å². The van der Waals surface area contributed by atoms with E-state index in [0.29, 0.717) is 13.1 Å². The molecule has 20 heavy (non-hydrogen) atoms. The van der Waals surface area contributed by atoms with Crippen LogP contribution in [-0.4, -0.2) is 43.8 Å². The highest BCUT2D eigenvalue weighted by Gasteiger charge is 2.28. The molecule has 2 N–H and O–H groups in total. The number of aromatic nitrogens is 3. The van der Waals surface area contributed by atoms with Gasteiger partial charge in [-0.1, -0.05) is 24.3 Å². The van der Waals surface area contributed by atoms with Crippen molar-refractivity contribution >= 4 is 11.9 Å². The summed E-state index contributed by atoms with van der Waals surface area (Å²) in [4.78, 5) is 24.9. The topological polar surface area (TPSA) is 99.2 Å². The fraction of sp³-hybridized carbons (Fsp3) is 0.231. The molecule has 1 aliphatic heterocycles. The van der Waals surface area contributed by atoms with Crippen molar-refractivity contribution in [3.63, 3.8) is 0 Å². The molecule has 0 fully saturated rings. The highest BCUT2D eigenvalue weighted by Crippen LogP contribution is 2.20. The second-order valence-electron chi connectivity index (χ2n) is 4.57. The summed E-state index contributed by atoms with van der Waals surface area (Å²) in [7, 11) is 0. The molecule has 2 aromatic rings. The first kappa shape index (κ1) is 12.3. The number of hydrogen-bond acceptors (Lipinski definition) is 4. The molecule has 0 radical (unpaired) electrons. The molecule has 0 saturated heterocycles. The Bertz CT molecular complexity index is 680. The van der Waals surface area contributed by atoms with Gasteiger partial charge in [0.2, 0.25) is 5.69 Å². The third kappa shape index (κ3) is 2.03. The molecule has 0 spiro atoms. The lowest BCUT2D eigenvalue weighted by atomic mass is 9.99. The van der Waals surface area contributed by atoms with Gasteiger partial charge in [0.25, 0.3) is 5.91 Å². The summed E-state index contributed by atoms with van der Waals surface area (Å²) in [6, 6.07) is 7.90. The molecule has 1 aromatic heterocycles. The molecule has 1 aromatic carbocycles. The second-order valence-corrected chi connectivity index (χ2v) is 4.57. The number of carboxylic acid groups (broad SMARTS) is 1. The Labute approximate surface area is 114 Å². The molecule has 2 heterocycles. The summed E-state index contributed by atoms with van der Waals surface area (Å²) < 4.78 is 0. The van der Waals surface area contributed by atoms with Gasteiger partial charge in [-0.25, -0.2) is 4.79 Å². The first-order chi connectivity index (χ1) is 9.66. The van der Waals surface area contributed by atoms with Gasteiger partial charge in [-0.2, -0.15) is 5.21 Å². The van der Waals surface area contributed by atoms with Crippen molar-refractivity contribution in [1.82, 2.24) is 20.3 Å². The zero-order valence-electron chi connectivity index (χ0n) is 10.5. The number of benzene rings is 1. The minimum Gasteiger partial charge on any atom is -0.476 e. The standard InChI is InChI=1S/C13H12N4O3/c18-12(10-11(13(19)20)15-16-14-10)17-6-5-8-3-1-2-4-9(8)7-17/h1-4H,5-7H2,(H,19,20)(H,14,15,16). The van der Waals surface area contributed by atoms with Crippen molar-refractivity contribution in [2.45, 2.75) is 13.0 Å². The number of carboxylic acids is 1. The zero-order chi connectivity index (χ0) is 14.1. The third-order valence-corrected chi connectivity index (χ3v) is 3.37. The van der Waals surface area contributed by atoms with Gasteiger partial charge in [0.05, 0.1) is 0 Å². The Balaban J connectivity index is 1.86. The molecular weight excluding hydrogens is 260 g/mol. The van der Waals surface area contributed by atoms with Crippen LogP contribution in [0.4, 0.5) is 0 Å². The first-order valence-corrected chi connectivity index (χ1v) is 6.17. The maximum absolute atomic E-state index is 12.3. The van der Waals surface area contributed by atoms with E-state index in [1.807, 2.05) is 24.3 Å². The second kappa shape index (κ2) is 4.76. The molecule has 1 amide bonds. The van der Waals surface area contributed by atoms with Gasteiger partial charge in [-0.05, 0) is 17.5 Å². The van der Waals surface area contributed by atoms with Gasteiger partial charge in [0.15, 0.2) is 5.69 Å². The molecule has 7 heteroatoms. The highest BCUT2D eigenvalue weighted by atomic mass is 16.4. The molecule has 0 aliphatic carbocycles. The van der Waals surface area contributed by atoms with Crippen molar-refractivity contribution in [3.8, 4) is 0 Å². The molecule has 3 rings (SSSR count).